The maximum absolute atomic E-state index is 8.99. The van der Waals surface area contributed by atoms with Gasteiger partial charge >= 0.3 is 0 Å². The minimum absolute atomic E-state index is 0.667. The molecule has 1 aromatic carbocycles. The molecule has 0 amide bonds. The van der Waals surface area contributed by atoms with Gasteiger partial charge in [-0.05, 0) is 19.1 Å². The summed E-state index contributed by atoms with van der Waals surface area (Å²) in [6.07, 6.45) is 0. The Balaban J connectivity index is 3.00. The summed E-state index contributed by atoms with van der Waals surface area (Å²) in [5.74, 6) is 0. The van der Waals surface area contributed by atoms with Crippen molar-refractivity contribution in [2.45, 2.75) is 6.92 Å². The zero-order valence-corrected chi connectivity index (χ0v) is 9.46. The quantitative estimate of drug-likeness (QED) is 0.720. The minimum atomic E-state index is 0.667. The summed E-state index contributed by atoms with van der Waals surface area (Å²) in [5.41, 5.74) is 2.54. The summed E-state index contributed by atoms with van der Waals surface area (Å²) in [5, 5.41) is 14.2. The molecule has 0 bridgehead atoms. The molecule has 0 fully saturated rings. The number of halogens is 1. The van der Waals surface area contributed by atoms with Crippen molar-refractivity contribution in [3.63, 3.8) is 0 Å². The Kier molecular flexibility index (Phi) is 2.05. The predicted octanol–water partition coefficient (Wildman–Crippen LogP) is 2.52. The lowest BCUT2D eigenvalue weighted by Crippen LogP contribution is -1.89. The third-order valence-corrected chi connectivity index (χ3v) is 2.67. The summed E-state index contributed by atoms with van der Waals surface area (Å²) in [6.45, 7) is 1.91. The molecule has 3 nitrogen and oxygen atoms in total. The number of benzene rings is 1. The molecule has 0 unspecified atom stereocenters. The number of nitriles is 1. The van der Waals surface area contributed by atoms with E-state index in [-0.39, 0.29) is 0 Å². The Bertz CT molecular complexity index is 548. The molecule has 2 aromatic rings. The van der Waals surface area contributed by atoms with Crippen molar-refractivity contribution < 1.29 is 0 Å². The monoisotopic (exact) mass is 249 g/mol. The summed E-state index contributed by atoms with van der Waals surface area (Å²) in [4.78, 5) is 0. The fraction of sp³-hybridized carbons (Fsp3) is 0.200. The van der Waals surface area contributed by atoms with Gasteiger partial charge in [0.25, 0.3) is 0 Å². The van der Waals surface area contributed by atoms with Gasteiger partial charge in [0.2, 0.25) is 0 Å². The number of rotatable bonds is 0. The van der Waals surface area contributed by atoms with Crippen molar-refractivity contribution in [2.24, 2.45) is 7.05 Å². The smallest absolute Gasteiger partial charge is 0.0999 e. The van der Waals surface area contributed by atoms with Crippen molar-refractivity contribution in [2.75, 3.05) is 0 Å². The number of fused-ring (bicyclic) bond motifs is 1. The molecule has 0 saturated heterocycles. The third kappa shape index (κ3) is 1.21. The highest BCUT2D eigenvalue weighted by Crippen LogP contribution is 2.25. The maximum Gasteiger partial charge on any atom is 0.0999 e. The van der Waals surface area contributed by atoms with Gasteiger partial charge in [-0.15, -0.1) is 0 Å². The molecule has 70 valence electrons. The van der Waals surface area contributed by atoms with Crippen molar-refractivity contribution >= 4 is 26.8 Å². The van der Waals surface area contributed by atoms with E-state index in [9.17, 15) is 0 Å². The fourth-order valence-corrected chi connectivity index (χ4v) is 2.09. The molecule has 0 N–H and O–H groups in total. The molecule has 0 radical (unpaired) electrons. The Morgan fingerprint density at radius 3 is 2.86 bits per heavy atom. The number of aromatic nitrogens is 2. The second-order valence-electron chi connectivity index (χ2n) is 3.17. The topological polar surface area (TPSA) is 41.6 Å². The van der Waals surface area contributed by atoms with Crippen LogP contribution in [-0.2, 0) is 7.05 Å². The predicted molar refractivity (Wildman–Crippen MR) is 57.9 cm³/mol. The zero-order valence-electron chi connectivity index (χ0n) is 7.87. The van der Waals surface area contributed by atoms with Crippen LogP contribution in [0.15, 0.2) is 16.6 Å². The van der Waals surface area contributed by atoms with Crippen LogP contribution in [-0.4, -0.2) is 9.78 Å². The first kappa shape index (κ1) is 9.22. The van der Waals surface area contributed by atoms with E-state index in [0.717, 1.165) is 21.1 Å². The summed E-state index contributed by atoms with van der Waals surface area (Å²) < 4.78 is 2.69. The first-order chi connectivity index (χ1) is 6.63. The molecule has 0 aliphatic carbocycles. The minimum Gasteiger partial charge on any atom is -0.268 e. The lowest BCUT2D eigenvalue weighted by Gasteiger charge is -1.97. The lowest BCUT2D eigenvalue weighted by molar-refractivity contribution is 0.783. The van der Waals surface area contributed by atoms with E-state index in [1.165, 1.54) is 0 Å². The molecule has 4 heteroatoms. The van der Waals surface area contributed by atoms with E-state index in [4.69, 9.17) is 5.26 Å². The first-order valence-corrected chi connectivity index (χ1v) is 4.95. The van der Waals surface area contributed by atoms with Crippen LogP contribution in [0.2, 0.25) is 0 Å². The molecule has 0 spiro atoms. The summed E-state index contributed by atoms with van der Waals surface area (Å²) in [6, 6.07) is 5.97. The van der Waals surface area contributed by atoms with E-state index in [2.05, 4.69) is 27.1 Å². The van der Waals surface area contributed by atoms with Crippen molar-refractivity contribution in [1.82, 2.24) is 9.78 Å². The molecule has 2 rings (SSSR count). The standard InChI is InChI=1S/C10H8BrN3/c1-6-10-7(5-12)3-8(11)4-9(10)14(2)13-6/h3-4H,1-2H3. The Hall–Kier alpha value is -1.34. The van der Waals surface area contributed by atoms with Gasteiger partial charge < -0.3 is 0 Å². The Labute approximate surface area is 90.1 Å². The van der Waals surface area contributed by atoms with Gasteiger partial charge in [-0.2, -0.15) is 10.4 Å². The van der Waals surface area contributed by atoms with Gasteiger partial charge in [0.1, 0.15) is 0 Å². The molecule has 0 aliphatic rings. The largest absolute Gasteiger partial charge is 0.268 e. The number of aryl methyl sites for hydroxylation is 2. The van der Waals surface area contributed by atoms with Crippen molar-refractivity contribution in [3.8, 4) is 6.07 Å². The lowest BCUT2D eigenvalue weighted by atomic mass is 10.1. The highest BCUT2D eigenvalue weighted by atomic mass is 79.9. The van der Waals surface area contributed by atoms with E-state index in [0.29, 0.717) is 5.56 Å². The van der Waals surface area contributed by atoms with E-state index in [1.54, 1.807) is 4.68 Å². The van der Waals surface area contributed by atoms with E-state index >= 15 is 0 Å². The van der Waals surface area contributed by atoms with Gasteiger partial charge in [0, 0.05) is 16.9 Å². The second kappa shape index (κ2) is 3.10. The van der Waals surface area contributed by atoms with Crippen LogP contribution >= 0.6 is 15.9 Å². The average molecular weight is 250 g/mol. The average Bonchev–Trinajstić information content (AvgIpc) is 2.41. The Morgan fingerprint density at radius 2 is 2.21 bits per heavy atom. The van der Waals surface area contributed by atoms with E-state index < -0.39 is 0 Å². The van der Waals surface area contributed by atoms with Crippen LogP contribution in [0.1, 0.15) is 11.3 Å². The Morgan fingerprint density at radius 1 is 1.50 bits per heavy atom. The van der Waals surface area contributed by atoms with Gasteiger partial charge in [0.05, 0.1) is 22.8 Å². The summed E-state index contributed by atoms with van der Waals surface area (Å²) in [7, 11) is 1.88. The number of hydrogen-bond donors (Lipinski definition) is 0. The fourth-order valence-electron chi connectivity index (χ4n) is 1.64. The maximum atomic E-state index is 8.99. The second-order valence-corrected chi connectivity index (χ2v) is 4.08. The van der Waals surface area contributed by atoms with Crippen LogP contribution < -0.4 is 0 Å². The van der Waals surface area contributed by atoms with Crippen molar-refractivity contribution in [1.29, 1.82) is 5.26 Å². The highest BCUT2D eigenvalue weighted by Gasteiger charge is 2.10. The van der Waals surface area contributed by atoms with Crippen LogP contribution in [0.5, 0.6) is 0 Å². The molecule has 1 heterocycles. The number of nitrogens with zero attached hydrogens (tertiary/aromatic N) is 3. The molecule has 0 aliphatic heterocycles. The molecule has 14 heavy (non-hydrogen) atoms. The molecule has 0 atom stereocenters. The van der Waals surface area contributed by atoms with Crippen LogP contribution in [0.4, 0.5) is 0 Å². The van der Waals surface area contributed by atoms with Crippen molar-refractivity contribution in [3.05, 3.63) is 27.9 Å². The van der Waals surface area contributed by atoms with Crippen LogP contribution in [0.25, 0.3) is 10.9 Å². The molecular formula is C10H8BrN3. The van der Waals surface area contributed by atoms with Crippen LogP contribution in [0, 0.1) is 18.3 Å². The SMILES string of the molecule is Cc1nn(C)c2cc(Br)cc(C#N)c12. The van der Waals surface area contributed by atoms with Gasteiger partial charge in [-0.25, -0.2) is 0 Å². The third-order valence-electron chi connectivity index (χ3n) is 2.21. The van der Waals surface area contributed by atoms with Crippen LogP contribution in [0.3, 0.4) is 0 Å². The van der Waals surface area contributed by atoms with Gasteiger partial charge in [-0.3, -0.25) is 4.68 Å². The normalized spacial score (nSPS) is 10.4. The molecular weight excluding hydrogens is 242 g/mol. The zero-order chi connectivity index (χ0) is 10.3. The molecule has 1 aromatic heterocycles. The van der Waals surface area contributed by atoms with E-state index in [1.807, 2.05) is 26.1 Å². The summed E-state index contributed by atoms with van der Waals surface area (Å²) >= 11 is 3.38. The number of hydrogen-bond acceptors (Lipinski definition) is 2. The van der Waals surface area contributed by atoms with Gasteiger partial charge in [0.15, 0.2) is 0 Å². The molecule has 0 saturated carbocycles. The van der Waals surface area contributed by atoms with Gasteiger partial charge in [-0.1, -0.05) is 15.9 Å². The first-order valence-electron chi connectivity index (χ1n) is 4.16. The highest BCUT2D eigenvalue weighted by molar-refractivity contribution is 9.10.